The van der Waals surface area contributed by atoms with Gasteiger partial charge < -0.3 is 5.32 Å². The van der Waals surface area contributed by atoms with E-state index >= 15 is 0 Å². The zero-order valence-corrected chi connectivity index (χ0v) is 10.2. The summed E-state index contributed by atoms with van der Waals surface area (Å²) in [6, 6.07) is 3.55. The Hall–Kier alpha value is -1.62. The molecule has 4 nitrogen and oxygen atoms in total. The van der Waals surface area contributed by atoms with Gasteiger partial charge in [0.1, 0.15) is 17.6 Å². The van der Waals surface area contributed by atoms with Crippen molar-refractivity contribution in [3.63, 3.8) is 0 Å². The van der Waals surface area contributed by atoms with Gasteiger partial charge in [0.15, 0.2) is 0 Å². The average molecular weight is 277 g/mol. The van der Waals surface area contributed by atoms with Gasteiger partial charge in [0.05, 0.1) is 5.56 Å². The Kier molecular flexibility index (Phi) is 4.67. The van der Waals surface area contributed by atoms with Crippen LogP contribution in [0.1, 0.15) is 11.3 Å². The summed E-state index contributed by atoms with van der Waals surface area (Å²) in [6.45, 7) is 0.187. The molecule has 1 rings (SSSR count). The molecule has 1 aromatic heterocycles. The minimum atomic E-state index is -4.56. The standard InChI is InChI=1S/C10H10F3N3OS/c1-18(17)5-4-15-9-7(6-14)2-3-8(16-9)10(11,12)13/h2-3H,4-5H2,1H3,(H,15,16). The van der Waals surface area contributed by atoms with Crippen molar-refractivity contribution < 1.29 is 17.4 Å². The number of alkyl halides is 3. The largest absolute Gasteiger partial charge is 0.433 e. The van der Waals surface area contributed by atoms with Gasteiger partial charge in [-0.2, -0.15) is 18.4 Å². The molecule has 98 valence electrons. The summed E-state index contributed by atoms with van der Waals surface area (Å²) >= 11 is 0. The molecule has 0 aliphatic rings. The molecule has 0 saturated heterocycles. The Morgan fingerprint density at radius 2 is 2.17 bits per heavy atom. The molecule has 1 N–H and O–H groups in total. The topological polar surface area (TPSA) is 65.8 Å². The second kappa shape index (κ2) is 5.82. The van der Waals surface area contributed by atoms with E-state index in [0.717, 1.165) is 12.1 Å². The number of aromatic nitrogens is 1. The van der Waals surface area contributed by atoms with E-state index in [2.05, 4.69) is 10.3 Å². The van der Waals surface area contributed by atoms with E-state index in [4.69, 9.17) is 5.26 Å². The molecule has 0 spiro atoms. The molecule has 8 heteroatoms. The fraction of sp³-hybridized carbons (Fsp3) is 0.400. The number of nitrogens with zero attached hydrogens (tertiary/aromatic N) is 2. The number of anilines is 1. The van der Waals surface area contributed by atoms with E-state index in [1.807, 2.05) is 0 Å². The lowest BCUT2D eigenvalue weighted by Crippen LogP contribution is -2.15. The number of nitriles is 1. The van der Waals surface area contributed by atoms with Gasteiger partial charge in [-0.25, -0.2) is 4.98 Å². The van der Waals surface area contributed by atoms with E-state index in [-0.39, 0.29) is 23.7 Å². The van der Waals surface area contributed by atoms with Gasteiger partial charge in [0.2, 0.25) is 0 Å². The van der Waals surface area contributed by atoms with E-state index in [1.165, 1.54) is 6.26 Å². The van der Waals surface area contributed by atoms with Crippen molar-refractivity contribution in [1.82, 2.24) is 4.98 Å². The molecule has 1 atom stereocenters. The first-order valence-electron chi connectivity index (χ1n) is 4.87. The molecule has 1 heterocycles. The third-order valence-electron chi connectivity index (χ3n) is 1.99. The van der Waals surface area contributed by atoms with Crippen LogP contribution in [0.2, 0.25) is 0 Å². The maximum absolute atomic E-state index is 12.4. The molecule has 0 radical (unpaired) electrons. The highest BCUT2D eigenvalue weighted by Gasteiger charge is 2.33. The first-order chi connectivity index (χ1) is 8.34. The lowest BCUT2D eigenvalue weighted by molar-refractivity contribution is -0.141. The second-order valence-electron chi connectivity index (χ2n) is 3.41. The molecule has 0 saturated carbocycles. The third-order valence-corrected chi connectivity index (χ3v) is 2.77. The number of nitrogens with one attached hydrogen (secondary N) is 1. The van der Waals surface area contributed by atoms with Crippen molar-refractivity contribution in [3.8, 4) is 6.07 Å². The van der Waals surface area contributed by atoms with Crippen LogP contribution in [0, 0.1) is 11.3 Å². The third kappa shape index (κ3) is 4.00. The van der Waals surface area contributed by atoms with Crippen molar-refractivity contribution in [2.75, 3.05) is 23.9 Å². The second-order valence-corrected chi connectivity index (χ2v) is 4.96. The highest BCUT2D eigenvalue weighted by atomic mass is 32.2. The molecule has 0 aromatic carbocycles. The maximum Gasteiger partial charge on any atom is 0.433 e. The minimum Gasteiger partial charge on any atom is -0.368 e. The van der Waals surface area contributed by atoms with E-state index in [0.29, 0.717) is 0 Å². The number of hydrogen-bond acceptors (Lipinski definition) is 4. The Morgan fingerprint density at radius 3 is 2.67 bits per heavy atom. The lowest BCUT2D eigenvalue weighted by Gasteiger charge is -2.10. The predicted molar refractivity (Wildman–Crippen MR) is 61.4 cm³/mol. The van der Waals surface area contributed by atoms with Gasteiger partial charge in [-0.3, -0.25) is 4.21 Å². The summed E-state index contributed by atoms with van der Waals surface area (Å²) in [4.78, 5) is 3.35. The summed E-state index contributed by atoms with van der Waals surface area (Å²) < 4.78 is 48.1. The van der Waals surface area contributed by atoms with E-state index < -0.39 is 22.7 Å². The molecule has 0 aliphatic heterocycles. The summed E-state index contributed by atoms with van der Waals surface area (Å²) in [5, 5.41) is 11.3. The minimum absolute atomic E-state index is 0.0184. The fourth-order valence-electron chi connectivity index (χ4n) is 1.16. The van der Waals surface area contributed by atoms with Gasteiger partial charge in [-0.15, -0.1) is 0 Å². The summed E-state index contributed by atoms with van der Waals surface area (Å²) in [7, 11) is -1.07. The number of hydrogen-bond donors (Lipinski definition) is 1. The normalized spacial score (nSPS) is 12.8. The van der Waals surface area contributed by atoms with Crippen molar-refractivity contribution in [2.45, 2.75) is 6.18 Å². The van der Waals surface area contributed by atoms with Gasteiger partial charge in [-0.1, -0.05) is 0 Å². The van der Waals surface area contributed by atoms with Crippen molar-refractivity contribution in [3.05, 3.63) is 23.4 Å². The molecular formula is C10H10F3N3OS. The van der Waals surface area contributed by atoms with Gasteiger partial charge in [0.25, 0.3) is 0 Å². The van der Waals surface area contributed by atoms with Crippen LogP contribution in [-0.2, 0) is 17.0 Å². The Bertz CT molecular complexity index is 496. The van der Waals surface area contributed by atoms with Crippen LogP contribution in [0.3, 0.4) is 0 Å². The van der Waals surface area contributed by atoms with Crippen molar-refractivity contribution in [2.24, 2.45) is 0 Å². The predicted octanol–water partition coefficient (Wildman–Crippen LogP) is 1.76. The molecule has 0 fully saturated rings. The zero-order chi connectivity index (χ0) is 13.8. The average Bonchev–Trinajstić information content (AvgIpc) is 2.27. The molecule has 0 bridgehead atoms. The zero-order valence-electron chi connectivity index (χ0n) is 9.41. The van der Waals surface area contributed by atoms with Crippen LogP contribution in [-0.4, -0.2) is 27.7 Å². The Labute approximate surface area is 104 Å². The number of rotatable bonds is 4. The van der Waals surface area contributed by atoms with Crippen LogP contribution in [0.5, 0.6) is 0 Å². The molecular weight excluding hydrogens is 267 g/mol. The van der Waals surface area contributed by atoms with Gasteiger partial charge in [0, 0.05) is 29.4 Å². The monoisotopic (exact) mass is 277 g/mol. The molecule has 0 aliphatic carbocycles. The van der Waals surface area contributed by atoms with Crippen LogP contribution in [0.25, 0.3) is 0 Å². The van der Waals surface area contributed by atoms with Gasteiger partial charge >= 0.3 is 6.18 Å². The number of pyridine rings is 1. The summed E-state index contributed by atoms with van der Waals surface area (Å²) in [5.41, 5.74) is -1.05. The highest BCUT2D eigenvalue weighted by molar-refractivity contribution is 7.84. The maximum atomic E-state index is 12.4. The van der Waals surface area contributed by atoms with Crippen LogP contribution in [0.4, 0.5) is 19.0 Å². The van der Waals surface area contributed by atoms with E-state index in [9.17, 15) is 17.4 Å². The van der Waals surface area contributed by atoms with Crippen LogP contribution >= 0.6 is 0 Å². The molecule has 0 amide bonds. The fourth-order valence-corrected chi connectivity index (χ4v) is 1.54. The lowest BCUT2D eigenvalue weighted by atomic mass is 10.2. The van der Waals surface area contributed by atoms with Crippen LogP contribution < -0.4 is 5.32 Å². The van der Waals surface area contributed by atoms with Crippen molar-refractivity contribution in [1.29, 1.82) is 5.26 Å². The smallest absolute Gasteiger partial charge is 0.368 e. The Balaban J connectivity index is 2.93. The SMILES string of the molecule is CS(=O)CCNc1nc(C(F)(F)F)ccc1C#N. The molecule has 18 heavy (non-hydrogen) atoms. The highest BCUT2D eigenvalue weighted by Crippen LogP contribution is 2.29. The van der Waals surface area contributed by atoms with Crippen molar-refractivity contribution >= 4 is 16.6 Å². The van der Waals surface area contributed by atoms with Crippen LogP contribution in [0.15, 0.2) is 12.1 Å². The van der Waals surface area contributed by atoms with Gasteiger partial charge in [-0.05, 0) is 12.1 Å². The quantitative estimate of drug-likeness (QED) is 0.910. The first kappa shape index (κ1) is 14.4. The number of halogens is 3. The van der Waals surface area contributed by atoms with E-state index in [1.54, 1.807) is 6.07 Å². The summed E-state index contributed by atoms with van der Waals surface area (Å²) in [6.07, 6.45) is -3.08. The summed E-state index contributed by atoms with van der Waals surface area (Å²) in [5.74, 6) is 0.126. The molecule has 1 aromatic rings. The first-order valence-corrected chi connectivity index (χ1v) is 6.59. The molecule has 1 unspecified atom stereocenters. The Morgan fingerprint density at radius 1 is 1.50 bits per heavy atom.